The first kappa shape index (κ1) is 24.8. The molecular formula is C29H39ClN4. The van der Waals surface area contributed by atoms with Crippen molar-refractivity contribution in [2.45, 2.75) is 79.4 Å². The minimum Gasteiger partial charge on any atom is -0.371 e. The number of hydrogen-bond acceptors (Lipinski definition) is 4. The summed E-state index contributed by atoms with van der Waals surface area (Å²) in [5.74, 6) is 0.929. The maximum absolute atomic E-state index is 6.06. The lowest BCUT2D eigenvalue weighted by Crippen LogP contribution is -2.49. The third-order valence-corrected chi connectivity index (χ3v) is 7.53. The molecule has 0 atom stereocenters. The second-order valence-electron chi connectivity index (χ2n) is 10.9. The van der Waals surface area contributed by atoms with Gasteiger partial charge in [-0.1, -0.05) is 23.7 Å². The molecule has 5 heteroatoms. The Morgan fingerprint density at radius 1 is 0.941 bits per heavy atom. The molecule has 3 aromatic rings. The van der Waals surface area contributed by atoms with E-state index in [0.29, 0.717) is 6.04 Å². The fraction of sp³-hybridized carbons (Fsp3) is 0.483. The first-order valence-electron chi connectivity index (χ1n) is 12.5. The number of fused-ring (bicyclic) bond motifs is 1. The molecule has 2 aromatic carbocycles. The first-order valence-corrected chi connectivity index (χ1v) is 12.8. The average Bonchev–Trinajstić information content (AvgIpc) is 2.80. The van der Waals surface area contributed by atoms with E-state index in [1.807, 2.05) is 12.1 Å². The van der Waals surface area contributed by atoms with Gasteiger partial charge in [-0.05, 0) is 101 Å². The number of hydrogen-bond donors (Lipinski definition) is 2. The van der Waals surface area contributed by atoms with Crippen molar-refractivity contribution >= 4 is 34.0 Å². The van der Waals surface area contributed by atoms with Crippen molar-refractivity contribution in [1.29, 1.82) is 0 Å². The molecule has 1 fully saturated rings. The lowest BCUT2D eigenvalue weighted by molar-refractivity contribution is 0.317. The lowest BCUT2D eigenvalue weighted by Gasteiger charge is -2.38. The molecule has 1 aromatic heterocycles. The zero-order valence-electron chi connectivity index (χ0n) is 21.8. The van der Waals surface area contributed by atoms with Crippen molar-refractivity contribution in [3.05, 3.63) is 63.2 Å². The van der Waals surface area contributed by atoms with Gasteiger partial charge in [0.05, 0.1) is 11.2 Å². The Bertz CT molecular complexity index is 1170. The Balaban J connectivity index is 1.69. The van der Waals surface area contributed by atoms with Gasteiger partial charge in [-0.25, -0.2) is 4.98 Å². The smallest absolute Gasteiger partial charge is 0.129 e. The maximum atomic E-state index is 6.06. The molecule has 1 aliphatic heterocycles. The molecule has 4 nitrogen and oxygen atoms in total. The number of pyridine rings is 1. The molecule has 0 amide bonds. The third kappa shape index (κ3) is 5.34. The quantitative estimate of drug-likeness (QED) is 0.410. The Labute approximate surface area is 210 Å². The van der Waals surface area contributed by atoms with Crippen LogP contribution in [0, 0.1) is 27.7 Å². The van der Waals surface area contributed by atoms with E-state index in [9.17, 15) is 0 Å². The van der Waals surface area contributed by atoms with Gasteiger partial charge in [0.2, 0.25) is 0 Å². The largest absolute Gasteiger partial charge is 0.371 e. The highest BCUT2D eigenvalue weighted by Gasteiger charge is 2.25. The van der Waals surface area contributed by atoms with E-state index in [1.54, 1.807) is 0 Å². The summed E-state index contributed by atoms with van der Waals surface area (Å²) in [6.07, 6.45) is 2.30. The standard InChI is InChI=1S/C29H39ClN4/c1-18-19(2)21(4)28-27(20(18)3)25(34-14-12-24(13-15-34)33-29(5,6)7)16-26(32-28)31-17-22-8-10-23(30)11-9-22/h8-11,16,24,33H,12-15,17H2,1-7H3,(H,31,32). The van der Waals surface area contributed by atoms with Crippen molar-refractivity contribution in [2.24, 2.45) is 0 Å². The van der Waals surface area contributed by atoms with Crippen LogP contribution in [0.3, 0.4) is 0 Å². The van der Waals surface area contributed by atoms with E-state index in [4.69, 9.17) is 16.6 Å². The van der Waals surface area contributed by atoms with Crippen LogP contribution < -0.4 is 15.5 Å². The van der Waals surface area contributed by atoms with Gasteiger partial charge in [0, 0.05) is 47.7 Å². The fourth-order valence-corrected chi connectivity index (χ4v) is 5.24. The Kier molecular flexibility index (Phi) is 7.12. The van der Waals surface area contributed by atoms with E-state index in [2.05, 4.69) is 82.2 Å². The Hall–Kier alpha value is -2.30. The SMILES string of the molecule is Cc1c(C)c(C)c2c(N3CCC(NC(C)(C)C)CC3)cc(NCc3ccc(Cl)cc3)nc2c1C. The van der Waals surface area contributed by atoms with Gasteiger partial charge in [-0.15, -0.1) is 0 Å². The van der Waals surface area contributed by atoms with Gasteiger partial charge in [-0.2, -0.15) is 0 Å². The average molecular weight is 479 g/mol. The minimum atomic E-state index is 0.150. The summed E-state index contributed by atoms with van der Waals surface area (Å²) in [5, 5.41) is 9.44. The van der Waals surface area contributed by atoms with Crippen molar-refractivity contribution in [3.8, 4) is 0 Å². The second kappa shape index (κ2) is 9.75. The molecule has 182 valence electrons. The van der Waals surface area contributed by atoms with E-state index in [0.717, 1.165) is 48.8 Å². The Morgan fingerprint density at radius 2 is 1.56 bits per heavy atom. The van der Waals surface area contributed by atoms with E-state index < -0.39 is 0 Å². The van der Waals surface area contributed by atoms with Crippen LogP contribution in [0.5, 0.6) is 0 Å². The summed E-state index contributed by atoms with van der Waals surface area (Å²) in [6, 6.07) is 10.8. The van der Waals surface area contributed by atoms with Gasteiger partial charge < -0.3 is 15.5 Å². The number of rotatable bonds is 5. The molecular weight excluding hydrogens is 440 g/mol. The number of nitrogens with one attached hydrogen (secondary N) is 2. The molecule has 2 N–H and O–H groups in total. The van der Waals surface area contributed by atoms with Gasteiger partial charge in [0.25, 0.3) is 0 Å². The molecule has 4 rings (SSSR count). The van der Waals surface area contributed by atoms with Crippen molar-refractivity contribution < 1.29 is 0 Å². The number of aromatic nitrogens is 1. The highest BCUT2D eigenvalue weighted by atomic mass is 35.5. The molecule has 0 unspecified atom stereocenters. The van der Waals surface area contributed by atoms with Crippen LogP contribution in [0.1, 0.15) is 61.4 Å². The zero-order valence-corrected chi connectivity index (χ0v) is 22.5. The number of nitrogens with zero attached hydrogens (tertiary/aromatic N) is 2. The van der Waals surface area contributed by atoms with Crippen LogP contribution in [0.25, 0.3) is 10.9 Å². The van der Waals surface area contributed by atoms with E-state index >= 15 is 0 Å². The molecule has 1 saturated heterocycles. The van der Waals surface area contributed by atoms with Crippen LogP contribution >= 0.6 is 11.6 Å². The van der Waals surface area contributed by atoms with Crippen LogP contribution in [0.4, 0.5) is 11.5 Å². The number of aryl methyl sites for hydroxylation is 2. The van der Waals surface area contributed by atoms with Gasteiger partial charge in [0.15, 0.2) is 0 Å². The van der Waals surface area contributed by atoms with Gasteiger partial charge in [-0.3, -0.25) is 0 Å². The molecule has 2 heterocycles. The number of anilines is 2. The first-order chi connectivity index (χ1) is 16.0. The highest BCUT2D eigenvalue weighted by Crippen LogP contribution is 2.37. The topological polar surface area (TPSA) is 40.2 Å². The van der Waals surface area contributed by atoms with Crippen LogP contribution in [0.2, 0.25) is 5.02 Å². The van der Waals surface area contributed by atoms with E-state index in [-0.39, 0.29) is 5.54 Å². The summed E-state index contributed by atoms with van der Waals surface area (Å²) >= 11 is 6.06. The summed E-state index contributed by atoms with van der Waals surface area (Å²) < 4.78 is 0. The molecule has 1 aliphatic rings. The predicted molar refractivity (Wildman–Crippen MR) is 148 cm³/mol. The monoisotopic (exact) mass is 478 g/mol. The molecule has 0 aliphatic carbocycles. The molecule has 0 saturated carbocycles. The predicted octanol–water partition coefficient (Wildman–Crippen LogP) is 7.09. The normalized spacial score (nSPS) is 15.2. The second-order valence-corrected chi connectivity index (χ2v) is 11.3. The molecule has 34 heavy (non-hydrogen) atoms. The van der Waals surface area contributed by atoms with Gasteiger partial charge >= 0.3 is 0 Å². The summed E-state index contributed by atoms with van der Waals surface area (Å²) in [5.41, 5.74) is 9.10. The van der Waals surface area contributed by atoms with Crippen LogP contribution in [-0.2, 0) is 6.54 Å². The fourth-order valence-electron chi connectivity index (χ4n) is 5.11. The summed E-state index contributed by atoms with van der Waals surface area (Å²) in [7, 11) is 0. The Morgan fingerprint density at radius 3 is 2.18 bits per heavy atom. The molecule has 0 spiro atoms. The van der Waals surface area contributed by atoms with Crippen molar-refractivity contribution in [2.75, 3.05) is 23.3 Å². The van der Waals surface area contributed by atoms with Gasteiger partial charge in [0.1, 0.15) is 5.82 Å². The molecule has 0 radical (unpaired) electrons. The summed E-state index contributed by atoms with van der Waals surface area (Å²) in [4.78, 5) is 7.68. The van der Waals surface area contributed by atoms with Crippen molar-refractivity contribution in [3.63, 3.8) is 0 Å². The lowest BCUT2D eigenvalue weighted by atomic mass is 9.92. The third-order valence-electron chi connectivity index (χ3n) is 7.28. The van der Waals surface area contributed by atoms with E-state index in [1.165, 1.54) is 38.9 Å². The van der Waals surface area contributed by atoms with Crippen LogP contribution in [-0.4, -0.2) is 29.7 Å². The van der Waals surface area contributed by atoms with Crippen molar-refractivity contribution in [1.82, 2.24) is 10.3 Å². The number of halogens is 1. The number of piperidine rings is 1. The molecule has 0 bridgehead atoms. The zero-order chi connectivity index (χ0) is 24.6. The minimum absolute atomic E-state index is 0.150. The highest BCUT2D eigenvalue weighted by molar-refractivity contribution is 6.30. The number of benzene rings is 2. The van der Waals surface area contributed by atoms with Crippen LogP contribution in [0.15, 0.2) is 30.3 Å². The summed E-state index contributed by atoms with van der Waals surface area (Å²) in [6.45, 7) is 18.5. The maximum Gasteiger partial charge on any atom is 0.129 e.